The highest BCUT2D eigenvalue weighted by molar-refractivity contribution is 5.77. The van der Waals surface area contributed by atoms with Crippen LogP contribution in [0.25, 0.3) is 11.5 Å². The van der Waals surface area contributed by atoms with Gasteiger partial charge in [0.25, 0.3) is 0 Å². The van der Waals surface area contributed by atoms with E-state index in [0.29, 0.717) is 5.69 Å². The normalized spacial score (nSPS) is 11.6. The number of hydrogen-bond donors (Lipinski definition) is 0. The molecule has 100 valence electrons. The van der Waals surface area contributed by atoms with Crippen LogP contribution in [0.4, 0.5) is 13.2 Å². The summed E-state index contributed by atoms with van der Waals surface area (Å²) in [7, 11) is 0. The molecule has 0 atom stereocenters. The quantitative estimate of drug-likeness (QED) is 0.856. The molecule has 1 aromatic carbocycles. The Morgan fingerprint density at radius 3 is 2.63 bits per heavy atom. The monoisotopic (exact) mass is 269 g/mol. The first kappa shape index (κ1) is 13.3. The topological polar surface area (TPSA) is 43.1 Å². The van der Waals surface area contributed by atoms with Crippen LogP contribution in [0.2, 0.25) is 0 Å². The molecule has 19 heavy (non-hydrogen) atoms. The molecular weight excluding hydrogens is 259 g/mol. The van der Waals surface area contributed by atoms with Crippen LogP contribution in [0.1, 0.15) is 18.2 Å². The Morgan fingerprint density at radius 2 is 2.00 bits per heavy atom. The largest absolute Gasteiger partial charge is 0.444 e. The first-order valence-electron chi connectivity index (χ1n) is 5.48. The Bertz CT molecular complexity index is 602. The summed E-state index contributed by atoms with van der Waals surface area (Å²) in [6.45, 7) is 1.37. The first-order chi connectivity index (χ1) is 8.88. The smallest absolute Gasteiger partial charge is 0.417 e. The van der Waals surface area contributed by atoms with Crippen LogP contribution in [0, 0.1) is 0 Å². The molecule has 0 aliphatic heterocycles. The molecule has 1 heterocycles. The number of carbonyl (C=O) groups excluding carboxylic acids is 1. The number of alkyl halides is 3. The van der Waals surface area contributed by atoms with E-state index in [4.69, 9.17) is 4.42 Å². The lowest BCUT2D eigenvalue weighted by Gasteiger charge is -2.09. The number of aromatic nitrogens is 1. The maximum atomic E-state index is 12.8. The SMILES string of the molecule is CC(=O)Cc1coc(-c2ccccc2C(F)(F)F)n1. The van der Waals surface area contributed by atoms with Gasteiger partial charge in [-0.25, -0.2) is 4.98 Å². The molecule has 0 aliphatic carbocycles. The minimum atomic E-state index is -4.48. The number of oxazole rings is 1. The molecule has 0 saturated heterocycles. The van der Waals surface area contributed by atoms with E-state index in [1.807, 2.05) is 0 Å². The summed E-state index contributed by atoms with van der Waals surface area (Å²) in [5.41, 5.74) is -0.629. The Morgan fingerprint density at radius 1 is 1.32 bits per heavy atom. The third-order valence-corrected chi connectivity index (χ3v) is 2.44. The number of nitrogens with zero attached hydrogens (tertiary/aromatic N) is 1. The van der Waals surface area contributed by atoms with E-state index in [-0.39, 0.29) is 23.7 Å². The summed E-state index contributed by atoms with van der Waals surface area (Å²) < 4.78 is 43.5. The summed E-state index contributed by atoms with van der Waals surface area (Å²) in [4.78, 5) is 14.8. The molecule has 6 heteroatoms. The van der Waals surface area contributed by atoms with Crippen LogP contribution in [-0.2, 0) is 17.4 Å². The van der Waals surface area contributed by atoms with Crippen molar-refractivity contribution < 1.29 is 22.4 Å². The minimum absolute atomic E-state index is 0.0394. The third-order valence-electron chi connectivity index (χ3n) is 2.44. The summed E-state index contributed by atoms with van der Waals surface area (Å²) in [6.07, 6.45) is -3.24. The van der Waals surface area contributed by atoms with Crippen LogP contribution in [0.5, 0.6) is 0 Å². The minimum Gasteiger partial charge on any atom is -0.444 e. The second kappa shape index (κ2) is 4.87. The number of carbonyl (C=O) groups is 1. The number of rotatable bonds is 3. The average Bonchev–Trinajstić information content (AvgIpc) is 2.75. The van der Waals surface area contributed by atoms with Crippen molar-refractivity contribution in [3.63, 3.8) is 0 Å². The van der Waals surface area contributed by atoms with Gasteiger partial charge >= 0.3 is 6.18 Å². The van der Waals surface area contributed by atoms with E-state index in [1.54, 1.807) is 0 Å². The van der Waals surface area contributed by atoms with Gasteiger partial charge in [0, 0.05) is 5.56 Å². The second-order valence-corrected chi connectivity index (χ2v) is 4.07. The molecule has 0 spiro atoms. The van der Waals surface area contributed by atoms with E-state index < -0.39 is 11.7 Å². The molecule has 1 aromatic heterocycles. The highest BCUT2D eigenvalue weighted by Crippen LogP contribution is 2.36. The van der Waals surface area contributed by atoms with Crippen LogP contribution in [-0.4, -0.2) is 10.8 Å². The van der Waals surface area contributed by atoms with Crippen molar-refractivity contribution in [3.8, 4) is 11.5 Å². The lowest BCUT2D eigenvalue weighted by Crippen LogP contribution is -2.07. The molecule has 0 amide bonds. The van der Waals surface area contributed by atoms with Crippen molar-refractivity contribution in [2.75, 3.05) is 0 Å². The molecule has 0 bridgehead atoms. The fraction of sp³-hybridized carbons (Fsp3) is 0.231. The standard InChI is InChI=1S/C13H10F3NO2/c1-8(18)6-9-7-19-12(17-9)10-4-2-3-5-11(10)13(14,15)16/h2-5,7H,6H2,1H3. The molecule has 0 saturated carbocycles. The summed E-state index contributed by atoms with van der Waals surface area (Å²) >= 11 is 0. The van der Waals surface area contributed by atoms with Crippen LogP contribution in [0.3, 0.4) is 0 Å². The molecule has 0 aliphatic rings. The number of benzene rings is 1. The second-order valence-electron chi connectivity index (χ2n) is 4.07. The van der Waals surface area contributed by atoms with E-state index in [0.717, 1.165) is 6.07 Å². The van der Waals surface area contributed by atoms with Crippen molar-refractivity contribution in [2.45, 2.75) is 19.5 Å². The maximum Gasteiger partial charge on any atom is 0.417 e. The van der Waals surface area contributed by atoms with E-state index in [1.165, 1.54) is 31.4 Å². The van der Waals surface area contributed by atoms with Gasteiger partial charge in [-0.3, -0.25) is 4.79 Å². The van der Waals surface area contributed by atoms with Gasteiger partial charge in [0.15, 0.2) is 0 Å². The van der Waals surface area contributed by atoms with E-state index >= 15 is 0 Å². The molecule has 2 rings (SSSR count). The van der Waals surface area contributed by atoms with Crippen LogP contribution in [0.15, 0.2) is 34.9 Å². The maximum absolute atomic E-state index is 12.8. The van der Waals surface area contributed by atoms with E-state index in [9.17, 15) is 18.0 Å². The lowest BCUT2D eigenvalue weighted by molar-refractivity contribution is -0.137. The zero-order chi connectivity index (χ0) is 14.0. The zero-order valence-electron chi connectivity index (χ0n) is 9.99. The molecule has 0 radical (unpaired) electrons. The van der Waals surface area contributed by atoms with Crippen LogP contribution < -0.4 is 0 Å². The Hall–Kier alpha value is -2.11. The summed E-state index contributed by atoms with van der Waals surface area (Å²) in [6, 6.07) is 5.02. The van der Waals surface area contributed by atoms with Gasteiger partial charge in [-0.1, -0.05) is 12.1 Å². The van der Waals surface area contributed by atoms with Gasteiger partial charge in [-0.15, -0.1) is 0 Å². The molecule has 2 aromatic rings. The van der Waals surface area contributed by atoms with Crippen LogP contribution >= 0.6 is 0 Å². The molecule has 0 fully saturated rings. The Kier molecular flexibility index (Phi) is 3.42. The molecule has 3 nitrogen and oxygen atoms in total. The zero-order valence-corrected chi connectivity index (χ0v) is 9.99. The van der Waals surface area contributed by atoms with Crippen molar-refractivity contribution >= 4 is 5.78 Å². The van der Waals surface area contributed by atoms with Crippen molar-refractivity contribution in [3.05, 3.63) is 41.8 Å². The van der Waals surface area contributed by atoms with Gasteiger partial charge in [-0.2, -0.15) is 13.2 Å². The summed E-state index contributed by atoms with van der Waals surface area (Å²) in [5.74, 6) is -0.270. The highest BCUT2D eigenvalue weighted by Gasteiger charge is 2.34. The van der Waals surface area contributed by atoms with Gasteiger partial charge in [0.05, 0.1) is 17.7 Å². The predicted molar refractivity (Wildman–Crippen MR) is 61.3 cm³/mol. The number of Topliss-reactive ketones (excluding diaryl/α,β-unsaturated/α-hetero) is 1. The fourth-order valence-electron chi connectivity index (χ4n) is 1.68. The van der Waals surface area contributed by atoms with Gasteiger partial charge in [0.1, 0.15) is 12.0 Å². The van der Waals surface area contributed by atoms with Crippen molar-refractivity contribution in [2.24, 2.45) is 0 Å². The average molecular weight is 269 g/mol. The van der Waals surface area contributed by atoms with E-state index in [2.05, 4.69) is 4.98 Å². The van der Waals surface area contributed by atoms with Gasteiger partial charge in [0.2, 0.25) is 5.89 Å². The van der Waals surface area contributed by atoms with Gasteiger partial charge in [-0.05, 0) is 19.1 Å². The third kappa shape index (κ3) is 3.01. The molecule has 0 unspecified atom stereocenters. The Labute approximate surface area is 107 Å². The van der Waals surface area contributed by atoms with Crippen molar-refractivity contribution in [1.29, 1.82) is 0 Å². The highest BCUT2D eigenvalue weighted by atomic mass is 19.4. The molecule has 0 N–H and O–H groups in total. The molecular formula is C13H10F3NO2. The number of ketones is 1. The first-order valence-corrected chi connectivity index (χ1v) is 5.48. The lowest BCUT2D eigenvalue weighted by atomic mass is 10.1. The summed E-state index contributed by atoms with van der Waals surface area (Å²) in [5, 5.41) is 0. The fourth-order valence-corrected chi connectivity index (χ4v) is 1.68. The Balaban J connectivity index is 2.42. The number of hydrogen-bond acceptors (Lipinski definition) is 3. The van der Waals surface area contributed by atoms with Gasteiger partial charge < -0.3 is 4.42 Å². The predicted octanol–water partition coefficient (Wildman–Crippen LogP) is 3.49. The number of halogens is 3. The van der Waals surface area contributed by atoms with Crippen molar-refractivity contribution in [1.82, 2.24) is 4.98 Å².